The number of likely N-dealkylation sites (tertiary alicyclic amines) is 1. The maximum atomic E-state index is 15.1. The predicted molar refractivity (Wildman–Crippen MR) is 334 cm³/mol. The fraction of sp³-hybridized carbons (Fsp3) is 0.415. The topological polar surface area (TPSA) is 216 Å². The summed E-state index contributed by atoms with van der Waals surface area (Å²) in [5.41, 5.74) is 7.96. The van der Waals surface area contributed by atoms with Crippen LogP contribution in [0.4, 0.5) is 15.3 Å². The van der Waals surface area contributed by atoms with Crippen LogP contribution >= 0.6 is 34.4 Å². The highest BCUT2D eigenvalue weighted by molar-refractivity contribution is 8.00. The number of thiazole rings is 2. The first-order valence-corrected chi connectivity index (χ1v) is 32.0. The van der Waals surface area contributed by atoms with Gasteiger partial charge in [0.1, 0.15) is 23.7 Å². The van der Waals surface area contributed by atoms with E-state index < -0.39 is 52.3 Å². The molecule has 2 fully saturated rings. The van der Waals surface area contributed by atoms with Crippen molar-refractivity contribution < 1.29 is 43.3 Å². The summed E-state index contributed by atoms with van der Waals surface area (Å²) in [6, 6.07) is 28.6. The molecule has 85 heavy (non-hydrogen) atoms. The number of nitrogens with zero attached hydrogens (tertiary/aromatic N) is 5. The van der Waals surface area contributed by atoms with Crippen LogP contribution in [0.15, 0.2) is 103 Å². The van der Waals surface area contributed by atoms with E-state index in [0.29, 0.717) is 59.7 Å². The van der Waals surface area contributed by atoms with Crippen LogP contribution in [0.1, 0.15) is 133 Å². The zero-order valence-electron chi connectivity index (χ0n) is 48.5. The van der Waals surface area contributed by atoms with E-state index in [0.717, 1.165) is 106 Å². The van der Waals surface area contributed by atoms with Crippen molar-refractivity contribution in [2.24, 2.45) is 0 Å². The van der Waals surface area contributed by atoms with E-state index in [-0.39, 0.29) is 44.0 Å². The number of β-amino-alcohol motifs (C(OH)–C–C–N with tert-alkyl or cyclic N) is 1. The van der Waals surface area contributed by atoms with E-state index in [2.05, 4.69) is 25.9 Å². The summed E-state index contributed by atoms with van der Waals surface area (Å²) in [6.45, 7) is 9.30. The second-order valence-electron chi connectivity index (χ2n) is 22.9. The van der Waals surface area contributed by atoms with Gasteiger partial charge in [-0.05, 0) is 135 Å². The SMILES string of the molecule is Cc1ncsc1-c1ccc(CNC(=O)C2CC(O)CN2C(=O)C(NC(=O)C2(F)CC2)C(C)(C)SCCCCCCCCCCOc2cccc(-c3ccc(N4CCc5cccc(C(=O)Nc6nc7ccccc7s6)c5C4)nc3C(=O)O)c2C)cc1. The number of pyridine rings is 1. The summed E-state index contributed by atoms with van der Waals surface area (Å²) < 4.78 is 21.5. The average molecular weight is 1210 g/mol. The number of rotatable bonds is 26. The fourth-order valence-corrected chi connectivity index (χ4v) is 14.1. The largest absolute Gasteiger partial charge is 0.493 e. The summed E-state index contributed by atoms with van der Waals surface area (Å²) in [4.78, 5) is 85.9. The molecule has 446 valence electrons. The Balaban J connectivity index is 0.655. The molecule has 10 rings (SSSR count). The molecule has 0 bridgehead atoms. The van der Waals surface area contributed by atoms with Crippen molar-refractivity contribution in [2.45, 2.75) is 146 Å². The molecule has 1 aliphatic carbocycles. The summed E-state index contributed by atoms with van der Waals surface area (Å²) in [5.74, 6) is -1.20. The number of fused-ring (bicyclic) bond motifs is 2. The first-order valence-electron chi connectivity index (χ1n) is 29.4. The van der Waals surface area contributed by atoms with Crippen LogP contribution in [0.5, 0.6) is 5.75 Å². The Morgan fingerprint density at radius 2 is 1.61 bits per heavy atom. The molecule has 3 unspecified atom stereocenters. The lowest BCUT2D eigenvalue weighted by Gasteiger charge is -2.37. The third kappa shape index (κ3) is 14.5. The molecule has 20 heteroatoms. The molecule has 5 N–H and O–H groups in total. The molecule has 1 saturated carbocycles. The Morgan fingerprint density at radius 3 is 2.34 bits per heavy atom. The number of aromatic carboxylic acids is 1. The Hall–Kier alpha value is -7.26. The number of thioether (sulfide) groups is 1. The number of halogens is 1. The molecule has 5 heterocycles. The molecule has 4 aromatic carbocycles. The molecule has 0 radical (unpaired) electrons. The molecule has 3 aromatic heterocycles. The van der Waals surface area contributed by atoms with Crippen LogP contribution in [0.3, 0.4) is 0 Å². The number of aromatic nitrogens is 3. The van der Waals surface area contributed by atoms with E-state index >= 15 is 4.39 Å². The molecule has 2 aliphatic heterocycles. The molecule has 0 spiro atoms. The van der Waals surface area contributed by atoms with Crippen LogP contribution < -0.4 is 25.6 Å². The summed E-state index contributed by atoms with van der Waals surface area (Å²) >= 11 is 4.53. The first-order chi connectivity index (χ1) is 41.0. The first kappa shape index (κ1) is 60.8. The number of hydrogen-bond acceptors (Lipinski definition) is 14. The number of aryl methyl sites for hydroxylation is 1. The highest BCUT2D eigenvalue weighted by Crippen LogP contribution is 2.42. The predicted octanol–water partition coefficient (Wildman–Crippen LogP) is 11.9. The van der Waals surface area contributed by atoms with Crippen molar-refractivity contribution in [3.63, 3.8) is 0 Å². The van der Waals surface area contributed by atoms with Crippen molar-refractivity contribution in [1.29, 1.82) is 0 Å². The molecule has 4 amide bonds. The number of carbonyl (C=O) groups is 5. The number of nitrogens with one attached hydrogen (secondary N) is 3. The number of carboxylic acid groups (broad SMARTS) is 1. The number of aliphatic hydroxyl groups excluding tert-OH is 1. The normalized spacial score (nSPS) is 16.6. The number of ether oxygens (including phenoxy) is 1. The van der Waals surface area contributed by atoms with Gasteiger partial charge in [-0.25, -0.2) is 24.1 Å². The highest BCUT2D eigenvalue weighted by atomic mass is 32.2. The number of carboxylic acids is 1. The number of hydrogen-bond donors (Lipinski definition) is 5. The van der Waals surface area contributed by atoms with Gasteiger partial charge >= 0.3 is 5.97 Å². The second kappa shape index (κ2) is 27.0. The van der Waals surface area contributed by atoms with Gasteiger partial charge in [0.05, 0.1) is 39.0 Å². The van der Waals surface area contributed by atoms with E-state index in [1.165, 1.54) is 16.2 Å². The lowest BCUT2D eigenvalue weighted by Crippen LogP contribution is -2.61. The third-order valence-electron chi connectivity index (χ3n) is 16.4. The molecular formula is C65H73FN8O8S3. The van der Waals surface area contributed by atoms with Crippen LogP contribution in [-0.4, -0.2) is 114 Å². The van der Waals surface area contributed by atoms with Crippen LogP contribution in [-0.2, 0) is 33.9 Å². The van der Waals surface area contributed by atoms with E-state index in [1.54, 1.807) is 23.1 Å². The standard InChI is InChI=1S/C65H73FN8O8S3/c1-40-46(47-27-28-54(70-55(47)61(79)80)73-32-29-43-17-15-19-48(49(43)38-73)58(76)72-63-69-50-20-11-12-22-53(50)85-63)18-16-21-52(40)82-33-13-9-7-5-6-8-10-14-34-84-64(3,4)57(71-62(81)65(66)30-31-65)60(78)74-37-45(75)35-51(74)59(77)67-36-42-23-25-44(26-24-42)56-41(2)68-39-83-56/h11-12,15-28,39,45,51,57,75H,5-10,13-14,29-38H2,1-4H3,(H,67,77)(H,71,81)(H,79,80)(H,69,72,76). The van der Waals surface area contributed by atoms with Crippen molar-refractivity contribution >= 4 is 85.2 Å². The number of unbranched alkanes of at least 4 members (excludes halogenated alkanes) is 7. The van der Waals surface area contributed by atoms with Crippen LogP contribution in [0.2, 0.25) is 0 Å². The number of para-hydroxylation sites is 1. The van der Waals surface area contributed by atoms with Gasteiger partial charge in [-0.15, -0.1) is 11.3 Å². The van der Waals surface area contributed by atoms with Gasteiger partial charge in [-0.2, -0.15) is 11.8 Å². The zero-order chi connectivity index (χ0) is 59.8. The maximum Gasteiger partial charge on any atom is 0.355 e. The minimum absolute atomic E-state index is 0.0524. The van der Waals surface area contributed by atoms with Gasteiger partial charge in [0.25, 0.3) is 11.8 Å². The van der Waals surface area contributed by atoms with Gasteiger partial charge in [-0.1, -0.05) is 111 Å². The molecule has 7 aromatic rings. The van der Waals surface area contributed by atoms with E-state index in [4.69, 9.17) is 9.72 Å². The molecule has 16 nitrogen and oxygen atoms in total. The maximum absolute atomic E-state index is 15.1. The Bertz CT molecular complexity index is 3540. The number of anilines is 2. The van der Waals surface area contributed by atoms with Gasteiger partial charge in [0.2, 0.25) is 11.8 Å². The monoisotopic (exact) mass is 1210 g/mol. The molecule has 1 saturated heterocycles. The fourth-order valence-electron chi connectivity index (χ4n) is 11.3. The number of alkyl halides is 1. The Kier molecular flexibility index (Phi) is 19.3. The van der Waals surface area contributed by atoms with E-state index in [1.807, 2.05) is 135 Å². The summed E-state index contributed by atoms with van der Waals surface area (Å²) in [7, 11) is 0. The molecule has 3 atom stereocenters. The Labute approximate surface area is 507 Å². The molecule has 3 aliphatic rings. The van der Waals surface area contributed by atoms with Crippen molar-refractivity contribution in [3.05, 3.63) is 142 Å². The lowest BCUT2D eigenvalue weighted by atomic mass is 9.94. The highest BCUT2D eigenvalue weighted by Gasteiger charge is 2.54. The lowest BCUT2D eigenvalue weighted by molar-refractivity contribution is -0.143. The van der Waals surface area contributed by atoms with Crippen LogP contribution in [0.25, 0.3) is 31.8 Å². The minimum atomic E-state index is -2.00. The number of benzene rings is 4. The second-order valence-corrected chi connectivity index (χ2v) is 26.6. The smallest absolute Gasteiger partial charge is 0.355 e. The quantitative estimate of drug-likeness (QED) is 0.0319. The Morgan fingerprint density at radius 1 is 0.871 bits per heavy atom. The minimum Gasteiger partial charge on any atom is -0.493 e. The zero-order valence-corrected chi connectivity index (χ0v) is 50.9. The van der Waals surface area contributed by atoms with E-state index in [9.17, 15) is 34.2 Å². The van der Waals surface area contributed by atoms with Gasteiger partial charge in [0, 0.05) is 48.5 Å². The molecular weight excluding hydrogens is 1140 g/mol. The van der Waals surface area contributed by atoms with Gasteiger partial charge in [0.15, 0.2) is 16.5 Å². The number of aliphatic hydroxyl groups is 1. The number of amides is 4. The third-order valence-corrected chi connectivity index (χ3v) is 19.8. The number of carbonyl (C=O) groups excluding carboxylic acids is 4. The van der Waals surface area contributed by atoms with Crippen molar-refractivity contribution in [1.82, 2.24) is 30.5 Å². The van der Waals surface area contributed by atoms with Gasteiger partial charge < -0.3 is 35.4 Å². The average Bonchev–Trinajstić information content (AvgIpc) is 3.81. The summed E-state index contributed by atoms with van der Waals surface area (Å²) in [6.07, 6.45) is 7.94. The van der Waals surface area contributed by atoms with Crippen molar-refractivity contribution in [2.75, 3.05) is 35.7 Å². The van der Waals surface area contributed by atoms with Crippen molar-refractivity contribution in [3.8, 4) is 27.3 Å². The van der Waals surface area contributed by atoms with Gasteiger partial charge in [-0.3, -0.25) is 24.5 Å². The summed E-state index contributed by atoms with van der Waals surface area (Å²) in [5, 5.41) is 30.5. The van der Waals surface area contributed by atoms with Crippen LogP contribution in [0, 0.1) is 13.8 Å².